The van der Waals surface area contributed by atoms with Crippen LogP contribution < -0.4 is 5.43 Å². The minimum absolute atomic E-state index is 0.130. The maximum atomic E-state index is 13.3. The van der Waals surface area contributed by atoms with Gasteiger partial charge in [0, 0.05) is 11.4 Å². The predicted octanol–water partition coefficient (Wildman–Crippen LogP) is 4.91. The lowest BCUT2D eigenvalue weighted by Gasteiger charge is -2.24. The maximum Gasteiger partial charge on any atom is 0.291 e. The van der Waals surface area contributed by atoms with Crippen LogP contribution in [0.4, 0.5) is 0 Å². The van der Waals surface area contributed by atoms with Crippen molar-refractivity contribution in [1.82, 2.24) is 4.90 Å². The highest BCUT2D eigenvalue weighted by molar-refractivity contribution is 7.10. The lowest BCUT2D eigenvalue weighted by molar-refractivity contribution is 0.0716. The van der Waals surface area contributed by atoms with Crippen LogP contribution in [0.5, 0.6) is 0 Å². The molecule has 0 saturated heterocycles. The third-order valence-corrected chi connectivity index (χ3v) is 6.08. The summed E-state index contributed by atoms with van der Waals surface area (Å²) in [6.07, 6.45) is 0. The van der Waals surface area contributed by atoms with Crippen molar-refractivity contribution in [2.45, 2.75) is 19.5 Å². The van der Waals surface area contributed by atoms with Gasteiger partial charge in [-0.15, -0.1) is 11.3 Å². The number of nitrogens with zero attached hydrogens (tertiary/aromatic N) is 1. The van der Waals surface area contributed by atoms with E-state index in [4.69, 9.17) is 4.42 Å². The molecule has 0 unspecified atom stereocenters. The molecule has 2 aromatic heterocycles. The van der Waals surface area contributed by atoms with E-state index in [2.05, 4.69) is 0 Å². The molecule has 1 aliphatic heterocycles. The molecule has 0 aliphatic carbocycles. The molecule has 1 amide bonds. The number of para-hydroxylation sites is 1. The van der Waals surface area contributed by atoms with E-state index in [0.717, 1.165) is 16.0 Å². The number of fused-ring (bicyclic) bond motifs is 2. The van der Waals surface area contributed by atoms with Crippen molar-refractivity contribution in [3.8, 4) is 0 Å². The molecule has 0 spiro atoms. The lowest BCUT2D eigenvalue weighted by Crippen LogP contribution is -2.28. The Bertz CT molecular complexity index is 1240. The van der Waals surface area contributed by atoms with E-state index in [1.807, 2.05) is 54.8 Å². The molecule has 1 atom stereocenters. The normalized spacial score (nSPS) is 16.0. The molecule has 138 valence electrons. The Morgan fingerprint density at radius 2 is 1.79 bits per heavy atom. The Labute approximate surface area is 165 Å². The highest BCUT2D eigenvalue weighted by atomic mass is 32.1. The average Bonchev–Trinajstić information content (AvgIpc) is 3.32. The Hall–Kier alpha value is -3.18. The first-order chi connectivity index (χ1) is 13.6. The van der Waals surface area contributed by atoms with Crippen LogP contribution >= 0.6 is 11.3 Å². The monoisotopic (exact) mass is 387 g/mol. The summed E-state index contributed by atoms with van der Waals surface area (Å²) in [6, 6.07) is 18.7. The van der Waals surface area contributed by atoms with E-state index in [9.17, 15) is 9.59 Å². The van der Waals surface area contributed by atoms with Gasteiger partial charge in [0.05, 0.1) is 10.9 Å². The van der Waals surface area contributed by atoms with Gasteiger partial charge in [-0.3, -0.25) is 9.59 Å². The largest absolute Gasteiger partial charge is 0.450 e. The van der Waals surface area contributed by atoms with Crippen molar-refractivity contribution in [1.29, 1.82) is 0 Å². The summed E-state index contributed by atoms with van der Waals surface area (Å²) in [5.41, 5.74) is 2.94. The van der Waals surface area contributed by atoms with Crippen LogP contribution in [0.2, 0.25) is 0 Å². The van der Waals surface area contributed by atoms with E-state index >= 15 is 0 Å². The third-order valence-electron chi connectivity index (χ3n) is 5.16. The first-order valence-corrected chi connectivity index (χ1v) is 9.97. The van der Waals surface area contributed by atoms with Crippen LogP contribution in [0, 0.1) is 6.92 Å². The first kappa shape index (κ1) is 17.0. The fraction of sp³-hybridized carbons (Fsp3) is 0.130. The highest BCUT2D eigenvalue weighted by Gasteiger charge is 2.43. The van der Waals surface area contributed by atoms with Gasteiger partial charge in [-0.05, 0) is 36.1 Å². The number of amides is 1. The van der Waals surface area contributed by atoms with Gasteiger partial charge in [0.1, 0.15) is 11.6 Å². The highest BCUT2D eigenvalue weighted by Crippen LogP contribution is 2.40. The average molecular weight is 387 g/mol. The molecule has 4 nitrogen and oxygen atoms in total. The summed E-state index contributed by atoms with van der Waals surface area (Å²) in [7, 11) is 0. The summed E-state index contributed by atoms with van der Waals surface area (Å²) in [4.78, 5) is 29.2. The van der Waals surface area contributed by atoms with Crippen molar-refractivity contribution in [3.05, 3.63) is 104 Å². The van der Waals surface area contributed by atoms with Gasteiger partial charge >= 0.3 is 0 Å². The van der Waals surface area contributed by atoms with Gasteiger partial charge in [-0.25, -0.2) is 0 Å². The zero-order valence-corrected chi connectivity index (χ0v) is 16.0. The van der Waals surface area contributed by atoms with E-state index in [1.54, 1.807) is 34.4 Å². The van der Waals surface area contributed by atoms with Crippen molar-refractivity contribution < 1.29 is 9.21 Å². The number of hydrogen-bond acceptors (Lipinski definition) is 4. The minimum Gasteiger partial charge on any atom is -0.450 e. The standard InChI is InChI=1S/C23H17NO3S/c1-14-8-10-15(11-9-14)13-24-20(18-7-4-12-28-18)19-21(25)16-5-2-3-6-17(16)27-22(19)23(24)26/h2-12,20H,13H2,1H3/t20-/m1/s1. The predicted molar refractivity (Wildman–Crippen MR) is 110 cm³/mol. The van der Waals surface area contributed by atoms with Gasteiger partial charge in [0.25, 0.3) is 5.91 Å². The second-order valence-corrected chi connectivity index (χ2v) is 7.99. The molecule has 0 bridgehead atoms. The maximum absolute atomic E-state index is 13.3. The minimum atomic E-state index is -0.426. The van der Waals surface area contributed by atoms with E-state index in [-0.39, 0.29) is 17.1 Å². The molecule has 3 heterocycles. The zero-order chi connectivity index (χ0) is 19.3. The lowest BCUT2D eigenvalue weighted by atomic mass is 10.0. The molecule has 1 aliphatic rings. The Morgan fingerprint density at radius 3 is 2.54 bits per heavy atom. The summed E-state index contributed by atoms with van der Waals surface area (Å²) in [5, 5.41) is 2.47. The topological polar surface area (TPSA) is 50.5 Å². The number of rotatable bonds is 3. The third kappa shape index (κ3) is 2.59. The molecule has 0 fully saturated rings. The Morgan fingerprint density at radius 1 is 1.00 bits per heavy atom. The van der Waals surface area contributed by atoms with Crippen molar-refractivity contribution >= 4 is 28.2 Å². The quantitative estimate of drug-likeness (QED) is 0.502. The van der Waals surface area contributed by atoms with Crippen LogP contribution in [-0.2, 0) is 6.54 Å². The molecular formula is C23H17NO3S. The van der Waals surface area contributed by atoms with Crippen LogP contribution in [0.25, 0.3) is 11.0 Å². The van der Waals surface area contributed by atoms with Crippen molar-refractivity contribution in [2.75, 3.05) is 0 Å². The van der Waals surface area contributed by atoms with E-state index < -0.39 is 6.04 Å². The van der Waals surface area contributed by atoms with Crippen LogP contribution in [0.1, 0.15) is 38.2 Å². The molecule has 5 heteroatoms. The molecule has 2 aromatic carbocycles. The van der Waals surface area contributed by atoms with Gasteiger partial charge in [0.2, 0.25) is 5.76 Å². The molecular weight excluding hydrogens is 370 g/mol. The number of aryl methyl sites for hydroxylation is 1. The van der Waals surface area contributed by atoms with Crippen LogP contribution in [0.3, 0.4) is 0 Å². The first-order valence-electron chi connectivity index (χ1n) is 9.09. The number of carbonyl (C=O) groups is 1. The van der Waals surface area contributed by atoms with Gasteiger partial charge < -0.3 is 9.32 Å². The summed E-state index contributed by atoms with van der Waals surface area (Å²) in [6.45, 7) is 2.45. The van der Waals surface area contributed by atoms with Gasteiger partial charge in [0.15, 0.2) is 5.43 Å². The molecule has 5 rings (SSSR count). The Balaban J connectivity index is 1.70. The van der Waals surface area contributed by atoms with Crippen molar-refractivity contribution in [3.63, 3.8) is 0 Å². The number of carbonyl (C=O) groups excluding carboxylic acids is 1. The van der Waals surface area contributed by atoms with Crippen LogP contribution in [-0.4, -0.2) is 10.8 Å². The molecule has 0 saturated carbocycles. The van der Waals surface area contributed by atoms with E-state index in [0.29, 0.717) is 23.1 Å². The summed E-state index contributed by atoms with van der Waals surface area (Å²) < 4.78 is 5.93. The molecule has 0 N–H and O–H groups in total. The number of hydrogen-bond donors (Lipinski definition) is 0. The second kappa shape index (κ2) is 6.46. The molecule has 28 heavy (non-hydrogen) atoms. The van der Waals surface area contributed by atoms with Crippen LogP contribution in [0.15, 0.2) is 75.3 Å². The Kier molecular flexibility index (Phi) is 3.91. The fourth-order valence-electron chi connectivity index (χ4n) is 3.76. The van der Waals surface area contributed by atoms with Gasteiger partial charge in [-0.2, -0.15) is 0 Å². The van der Waals surface area contributed by atoms with Gasteiger partial charge in [-0.1, -0.05) is 48.0 Å². The fourth-order valence-corrected chi connectivity index (χ4v) is 4.61. The SMILES string of the molecule is Cc1ccc(CN2C(=O)c3oc4ccccc4c(=O)c3[C@H]2c2cccs2)cc1. The summed E-state index contributed by atoms with van der Waals surface area (Å²) >= 11 is 1.54. The summed E-state index contributed by atoms with van der Waals surface area (Å²) in [5.74, 6) is -0.0777. The van der Waals surface area contributed by atoms with E-state index in [1.165, 1.54) is 0 Å². The zero-order valence-electron chi connectivity index (χ0n) is 15.2. The molecule has 0 radical (unpaired) electrons. The number of thiophene rings is 1. The molecule has 4 aromatic rings. The second-order valence-electron chi connectivity index (χ2n) is 7.01. The smallest absolute Gasteiger partial charge is 0.291 e. The van der Waals surface area contributed by atoms with Crippen molar-refractivity contribution in [2.24, 2.45) is 0 Å². The number of benzene rings is 2.